The molecule has 5 rings (SSSR count). The molecule has 31 heavy (non-hydrogen) atoms. The van der Waals surface area contributed by atoms with E-state index >= 15 is 0 Å². The summed E-state index contributed by atoms with van der Waals surface area (Å²) in [5.74, 6) is -0.156. The van der Waals surface area contributed by atoms with Crippen molar-refractivity contribution in [3.8, 4) is 11.3 Å². The van der Waals surface area contributed by atoms with Crippen LogP contribution in [-0.4, -0.2) is 22.4 Å². The van der Waals surface area contributed by atoms with E-state index in [2.05, 4.69) is 59.7 Å². The quantitative estimate of drug-likeness (QED) is 0.396. The van der Waals surface area contributed by atoms with Gasteiger partial charge in [-0.25, -0.2) is 4.98 Å². The van der Waals surface area contributed by atoms with Gasteiger partial charge in [-0.05, 0) is 31.0 Å². The summed E-state index contributed by atoms with van der Waals surface area (Å²) in [5, 5.41) is 5.13. The average molecular weight is 406 g/mol. The number of pyridine rings is 1. The Labute approximate surface area is 181 Å². The first-order valence-electron chi connectivity index (χ1n) is 10.5. The van der Waals surface area contributed by atoms with Crippen LogP contribution in [0.1, 0.15) is 21.6 Å². The van der Waals surface area contributed by atoms with Crippen molar-refractivity contribution < 1.29 is 4.79 Å². The number of amides is 1. The first kappa shape index (κ1) is 19.1. The minimum Gasteiger partial charge on any atom is -0.353 e. The highest BCUT2D eigenvalue weighted by atomic mass is 16.1. The predicted octanol–water partition coefficient (Wildman–Crippen LogP) is 5.66. The van der Waals surface area contributed by atoms with Gasteiger partial charge < -0.3 is 10.3 Å². The van der Waals surface area contributed by atoms with Gasteiger partial charge in [0.15, 0.2) is 0 Å². The number of hydrogen-bond donors (Lipinski definition) is 2. The van der Waals surface area contributed by atoms with Gasteiger partial charge >= 0.3 is 0 Å². The van der Waals surface area contributed by atoms with Crippen LogP contribution < -0.4 is 5.32 Å². The van der Waals surface area contributed by atoms with E-state index in [9.17, 15) is 4.79 Å². The molecule has 0 fully saturated rings. The molecule has 5 aromatic rings. The fraction of sp³-hybridized carbons (Fsp3) is 0.111. The second-order valence-corrected chi connectivity index (χ2v) is 7.81. The topological polar surface area (TPSA) is 57.8 Å². The molecule has 0 saturated carbocycles. The maximum Gasteiger partial charge on any atom is 0.269 e. The molecule has 4 nitrogen and oxygen atoms in total. The number of aromatic amines is 1. The lowest BCUT2D eigenvalue weighted by Gasteiger charge is -2.09. The minimum absolute atomic E-state index is 0.156. The molecule has 0 unspecified atom stereocenters. The fourth-order valence-electron chi connectivity index (χ4n) is 3.94. The van der Waals surface area contributed by atoms with E-state index in [1.807, 2.05) is 42.5 Å². The zero-order valence-corrected chi connectivity index (χ0v) is 17.4. The van der Waals surface area contributed by atoms with Gasteiger partial charge in [0, 0.05) is 28.4 Å². The SMILES string of the molecule is Cc1ccc(-c2nc(C(=O)NCCc3ccccc3)cc3c2[nH]c2ccccc23)cc1. The number of rotatable bonds is 5. The number of carbonyl (C=O) groups is 1. The standard InChI is InChI=1S/C27H23N3O/c1-18-11-13-20(14-12-18)25-26-22(21-9-5-6-10-23(21)29-26)17-24(30-25)27(31)28-16-15-19-7-3-2-4-8-19/h2-14,17,29H,15-16H2,1H3,(H,28,31). The Morgan fingerprint density at radius 2 is 1.65 bits per heavy atom. The van der Waals surface area contributed by atoms with Gasteiger partial charge in [-0.15, -0.1) is 0 Å². The largest absolute Gasteiger partial charge is 0.353 e. The summed E-state index contributed by atoms with van der Waals surface area (Å²) in [5.41, 5.74) is 6.58. The number of H-pyrrole nitrogens is 1. The molecule has 2 aromatic heterocycles. The zero-order valence-electron chi connectivity index (χ0n) is 17.4. The van der Waals surface area contributed by atoms with Crippen LogP contribution in [0.4, 0.5) is 0 Å². The van der Waals surface area contributed by atoms with Gasteiger partial charge in [0.25, 0.3) is 5.91 Å². The molecular formula is C27H23N3O. The number of para-hydroxylation sites is 1. The molecule has 2 heterocycles. The summed E-state index contributed by atoms with van der Waals surface area (Å²) in [6.45, 7) is 2.63. The third-order valence-electron chi connectivity index (χ3n) is 5.60. The Morgan fingerprint density at radius 3 is 2.45 bits per heavy atom. The van der Waals surface area contributed by atoms with Gasteiger partial charge in [-0.2, -0.15) is 0 Å². The van der Waals surface area contributed by atoms with Crippen LogP contribution >= 0.6 is 0 Å². The van der Waals surface area contributed by atoms with Crippen molar-refractivity contribution in [3.05, 3.63) is 102 Å². The van der Waals surface area contributed by atoms with Crippen LogP contribution in [0.5, 0.6) is 0 Å². The fourth-order valence-corrected chi connectivity index (χ4v) is 3.94. The lowest BCUT2D eigenvalue weighted by atomic mass is 10.0. The molecule has 0 aliphatic carbocycles. The van der Waals surface area contributed by atoms with Crippen molar-refractivity contribution in [1.82, 2.24) is 15.3 Å². The number of nitrogens with one attached hydrogen (secondary N) is 2. The second kappa shape index (κ2) is 8.07. The van der Waals surface area contributed by atoms with Gasteiger partial charge in [-0.3, -0.25) is 4.79 Å². The number of fused-ring (bicyclic) bond motifs is 3. The number of carbonyl (C=O) groups excluding carboxylic acids is 1. The number of aromatic nitrogens is 2. The number of nitrogens with zero attached hydrogens (tertiary/aromatic N) is 1. The van der Waals surface area contributed by atoms with Gasteiger partial charge in [0.2, 0.25) is 0 Å². The molecular weight excluding hydrogens is 382 g/mol. The number of aryl methyl sites for hydroxylation is 1. The molecule has 2 N–H and O–H groups in total. The van der Waals surface area contributed by atoms with Gasteiger partial charge in [0.05, 0.1) is 11.2 Å². The number of benzene rings is 3. The van der Waals surface area contributed by atoms with E-state index in [0.29, 0.717) is 12.2 Å². The second-order valence-electron chi connectivity index (χ2n) is 7.81. The maximum absolute atomic E-state index is 13.0. The number of hydrogen-bond acceptors (Lipinski definition) is 2. The first-order chi connectivity index (χ1) is 15.2. The van der Waals surface area contributed by atoms with E-state index in [-0.39, 0.29) is 5.91 Å². The van der Waals surface area contributed by atoms with Crippen LogP contribution in [0, 0.1) is 6.92 Å². The molecule has 3 aromatic carbocycles. The molecule has 0 aliphatic heterocycles. The monoisotopic (exact) mass is 405 g/mol. The Morgan fingerprint density at radius 1 is 0.903 bits per heavy atom. The third-order valence-corrected chi connectivity index (χ3v) is 5.60. The highest BCUT2D eigenvalue weighted by Gasteiger charge is 2.16. The van der Waals surface area contributed by atoms with Crippen LogP contribution in [0.3, 0.4) is 0 Å². The van der Waals surface area contributed by atoms with E-state index in [1.54, 1.807) is 0 Å². The molecule has 0 aliphatic rings. The lowest BCUT2D eigenvalue weighted by molar-refractivity contribution is 0.0949. The normalized spacial score (nSPS) is 11.1. The van der Waals surface area contributed by atoms with E-state index in [1.165, 1.54) is 11.1 Å². The van der Waals surface area contributed by atoms with Crippen LogP contribution in [-0.2, 0) is 6.42 Å². The zero-order chi connectivity index (χ0) is 21.2. The van der Waals surface area contributed by atoms with Crippen molar-refractivity contribution >= 4 is 27.7 Å². The Hall–Kier alpha value is -3.92. The highest BCUT2D eigenvalue weighted by molar-refractivity contribution is 6.13. The Kier molecular flexibility index (Phi) is 4.97. The highest BCUT2D eigenvalue weighted by Crippen LogP contribution is 2.32. The van der Waals surface area contributed by atoms with Crippen LogP contribution in [0.15, 0.2) is 84.9 Å². The van der Waals surface area contributed by atoms with Crippen LogP contribution in [0.2, 0.25) is 0 Å². The summed E-state index contributed by atoms with van der Waals surface area (Å²) < 4.78 is 0. The smallest absolute Gasteiger partial charge is 0.269 e. The summed E-state index contributed by atoms with van der Waals surface area (Å²) in [7, 11) is 0. The van der Waals surface area contributed by atoms with E-state index in [4.69, 9.17) is 4.98 Å². The van der Waals surface area contributed by atoms with Crippen molar-refractivity contribution in [3.63, 3.8) is 0 Å². The van der Waals surface area contributed by atoms with Gasteiger partial charge in [-0.1, -0.05) is 78.4 Å². The van der Waals surface area contributed by atoms with Crippen molar-refractivity contribution in [2.75, 3.05) is 6.54 Å². The Balaban J connectivity index is 1.54. The molecule has 0 radical (unpaired) electrons. The minimum atomic E-state index is -0.156. The van der Waals surface area contributed by atoms with E-state index < -0.39 is 0 Å². The van der Waals surface area contributed by atoms with Crippen molar-refractivity contribution in [2.45, 2.75) is 13.3 Å². The third kappa shape index (κ3) is 3.80. The average Bonchev–Trinajstić information content (AvgIpc) is 3.18. The molecule has 0 saturated heterocycles. The van der Waals surface area contributed by atoms with Crippen molar-refractivity contribution in [1.29, 1.82) is 0 Å². The molecule has 4 heteroatoms. The molecule has 1 amide bonds. The molecule has 0 bridgehead atoms. The summed E-state index contributed by atoms with van der Waals surface area (Å²) in [6, 6.07) is 28.4. The Bertz CT molecular complexity index is 1370. The summed E-state index contributed by atoms with van der Waals surface area (Å²) >= 11 is 0. The molecule has 0 atom stereocenters. The van der Waals surface area contributed by atoms with Crippen molar-refractivity contribution in [2.24, 2.45) is 0 Å². The maximum atomic E-state index is 13.0. The van der Waals surface area contributed by atoms with E-state index in [0.717, 1.165) is 39.5 Å². The van der Waals surface area contributed by atoms with Gasteiger partial charge in [0.1, 0.15) is 5.69 Å². The summed E-state index contributed by atoms with van der Waals surface area (Å²) in [6.07, 6.45) is 0.784. The lowest BCUT2D eigenvalue weighted by Crippen LogP contribution is -2.26. The first-order valence-corrected chi connectivity index (χ1v) is 10.5. The van der Waals surface area contributed by atoms with Crippen LogP contribution in [0.25, 0.3) is 33.1 Å². The predicted molar refractivity (Wildman–Crippen MR) is 126 cm³/mol. The summed E-state index contributed by atoms with van der Waals surface area (Å²) in [4.78, 5) is 21.3. The molecule has 152 valence electrons. The molecule has 0 spiro atoms.